The molecule has 1 N–H and O–H groups in total. The second-order valence-corrected chi connectivity index (χ2v) is 8.14. The van der Waals surface area contributed by atoms with E-state index in [-0.39, 0.29) is 6.16 Å². The Morgan fingerprint density at radius 2 is 1.77 bits per heavy atom. The van der Waals surface area contributed by atoms with Crippen LogP contribution in [0.5, 0.6) is 0 Å². The van der Waals surface area contributed by atoms with Crippen LogP contribution < -0.4 is 0 Å². The van der Waals surface area contributed by atoms with E-state index in [1.807, 2.05) is 18.2 Å². The van der Waals surface area contributed by atoms with Crippen LogP contribution in [0, 0.1) is 11.8 Å². The predicted octanol–water partition coefficient (Wildman–Crippen LogP) is 5.17. The normalized spacial score (nSPS) is 15.7. The molecule has 0 aliphatic rings. The van der Waals surface area contributed by atoms with Crippen LogP contribution in [0.1, 0.15) is 52.0 Å². The van der Waals surface area contributed by atoms with Crippen LogP contribution in [0.3, 0.4) is 0 Å². The third-order valence-corrected chi connectivity index (χ3v) is 4.67. The number of rotatable bonds is 11. The monoisotopic (exact) mass is 328 g/mol. The summed E-state index contributed by atoms with van der Waals surface area (Å²) in [4.78, 5) is 14.7. The third-order valence-electron chi connectivity index (χ3n) is 3.57. The Morgan fingerprint density at radius 1 is 1.09 bits per heavy atom. The maximum absolute atomic E-state index is 11.9. The van der Waals surface area contributed by atoms with Crippen molar-refractivity contribution in [3.63, 3.8) is 0 Å². The molecule has 2 atom stereocenters. The maximum Gasteiger partial charge on any atom is 0.359 e. The molecule has 0 bridgehead atoms. The highest BCUT2D eigenvalue weighted by Crippen LogP contribution is 2.45. The quantitative estimate of drug-likeness (QED) is 0.263. The molecule has 0 aromatic heterocycles. The number of hydrogen-bond donors (Lipinski definition) is 1. The summed E-state index contributed by atoms with van der Waals surface area (Å²) >= 11 is 0. The van der Waals surface area contributed by atoms with Crippen LogP contribution in [0.2, 0.25) is 0 Å². The SMILES string of the molecule is CC(C)CCCC(C)CCOOP(=O)(O)Cc1ccccc1. The van der Waals surface area contributed by atoms with Gasteiger partial charge >= 0.3 is 7.60 Å². The average molecular weight is 328 g/mol. The van der Waals surface area contributed by atoms with E-state index < -0.39 is 7.60 Å². The molecule has 1 aromatic carbocycles. The standard InChI is InChI=1S/C17H29O4P/c1-15(2)8-7-9-16(3)12-13-20-21-22(18,19)14-17-10-5-4-6-11-17/h4-6,10-11,15-16H,7-9,12-14H2,1-3H3,(H,18,19). The van der Waals surface area contributed by atoms with Crippen molar-refractivity contribution in [3.8, 4) is 0 Å². The van der Waals surface area contributed by atoms with E-state index in [4.69, 9.17) is 9.56 Å². The summed E-state index contributed by atoms with van der Waals surface area (Å²) < 4.78 is 16.6. The lowest BCUT2D eigenvalue weighted by molar-refractivity contribution is -0.215. The summed E-state index contributed by atoms with van der Waals surface area (Å²) in [6, 6.07) is 9.11. The number of hydrogen-bond acceptors (Lipinski definition) is 3. The van der Waals surface area contributed by atoms with Crippen LogP contribution in [0.15, 0.2) is 30.3 Å². The van der Waals surface area contributed by atoms with Gasteiger partial charge in [-0.05, 0) is 23.8 Å². The molecule has 0 spiro atoms. The van der Waals surface area contributed by atoms with E-state index >= 15 is 0 Å². The van der Waals surface area contributed by atoms with Crippen molar-refractivity contribution in [1.29, 1.82) is 0 Å². The molecular formula is C17H29O4P. The zero-order chi connectivity index (χ0) is 16.4. The molecule has 0 aliphatic heterocycles. The molecule has 126 valence electrons. The van der Waals surface area contributed by atoms with Gasteiger partial charge in [0.05, 0.1) is 12.8 Å². The molecule has 4 nitrogen and oxygen atoms in total. The molecule has 0 aliphatic carbocycles. The van der Waals surface area contributed by atoms with Gasteiger partial charge in [0.1, 0.15) is 0 Å². The Kier molecular flexibility index (Phi) is 8.96. The first kappa shape index (κ1) is 19.4. The smallest absolute Gasteiger partial charge is 0.323 e. The van der Waals surface area contributed by atoms with Crippen molar-refractivity contribution < 1.29 is 19.0 Å². The average Bonchev–Trinajstić information content (AvgIpc) is 2.44. The molecule has 1 aromatic rings. The fourth-order valence-corrected chi connectivity index (χ4v) is 3.19. The third kappa shape index (κ3) is 9.37. The molecule has 0 radical (unpaired) electrons. The van der Waals surface area contributed by atoms with E-state index in [2.05, 4.69) is 20.8 Å². The van der Waals surface area contributed by atoms with Gasteiger partial charge in [0.25, 0.3) is 0 Å². The van der Waals surface area contributed by atoms with Gasteiger partial charge in [-0.25, -0.2) is 4.89 Å². The Labute approximate surface area is 134 Å². The van der Waals surface area contributed by atoms with Crippen LogP contribution in [0.25, 0.3) is 0 Å². The molecule has 0 saturated heterocycles. The Bertz CT molecular complexity index is 447. The molecular weight excluding hydrogens is 299 g/mol. The minimum absolute atomic E-state index is 0.0300. The molecule has 0 saturated carbocycles. The Morgan fingerprint density at radius 3 is 2.41 bits per heavy atom. The van der Waals surface area contributed by atoms with Crippen molar-refractivity contribution in [3.05, 3.63) is 35.9 Å². The zero-order valence-corrected chi connectivity index (χ0v) is 14.8. The van der Waals surface area contributed by atoms with Crippen molar-refractivity contribution in [1.82, 2.24) is 0 Å². The van der Waals surface area contributed by atoms with Gasteiger partial charge in [0.2, 0.25) is 0 Å². The van der Waals surface area contributed by atoms with Crippen LogP contribution >= 0.6 is 7.60 Å². The highest BCUT2D eigenvalue weighted by molar-refractivity contribution is 7.51. The molecule has 0 heterocycles. The van der Waals surface area contributed by atoms with Gasteiger partial charge in [0.15, 0.2) is 0 Å². The van der Waals surface area contributed by atoms with Gasteiger partial charge in [-0.3, -0.25) is 4.57 Å². The van der Waals surface area contributed by atoms with Gasteiger partial charge in [0, 0.05) is 0 Å². The maximum atomic E-state index is 11.9. The lowest BCUT2D eigenvalue weighted by atomic mass is 9.98. The van der Waals surface area contributed by atoms with E-state index in [0.29, 0.717) is 12.5 Å². The van der Waals surface area contributed by atoms with E-state index in [1.54, 1.807) is 12.1 Å². The van der Waals surface area contributed by atoms with Gasteiger partial charge < -0.3 is 4.89 Å². The molecule has 1 rings (SSSR count). The van der Waals surface area contributed by atoms with Crippen LogP contribution in [-0.4, -0.2) is 11.5 Å². The summed E-state index contributed by atoms with van der Waals surface area (Å²) in [5.41, 5.74) is 0.763. The molecule has 0 fully saturated rings. The topological polar surface area (TPSA) is 55.8 Å². The summed E-state index contributed by atoms with van der Waals surface area (Å²) in [6.07, 6.45) is 4.42. The summed E-state index contributed by atoms with van der Waals surface area (Å²) in [5, 5.41) is 0. The lowest BCUT2D eigenvalue weighted by Gasteiger charge is -2.14. The molecule has 22 heavy (non-hydrogen) atoms. The second kappa shape index (κ2) is 10.2. The van der Waals surface area contributed by atoms with Crippen LogP contribution in [-0.2, 0) is 20.3 Å². The van der Waals surface area contributed by atoms with Crippen molar-refractivity contribution in [2.45, 2.75) is 52.6 Å². The van der Waals surface area contributed by atoms with Crippen LogP contribution in [0.4, 0.5) is 0 Å². The Balaban J connectivity index is 2.16. The zero-order valence-electron chi connectivity index (χ0n) is 13.9. The van der Waals surface area contributed by atoms with E-state index in [0.717, 1.165) is 24.3 Å². The summed E-state index contributed by atoms with van der Waals surface area (Å²) in [5.74, 6) is 1.28. The van der Waals surface area contributed by atoms with Crippen molar-refractivity contribution in [2.75, 3.05) is 6.61 Å². The molecule has 2 unspecified atom stereocenters. The minimum Gasteiger partial charge on any atom is -0.323 e. The lowest BCUT2D eigenvalue weighted by Crippen LogP contribution is -2.03. The largest absolute Gasteiger partial charge is 0.359 e. The summed E-state index contributed by atoms with van der Waals surface area (Å²) in [7, 11) is -3.73. The fraction of sp³-hybridized carbons (Fsp3) is 0.647. The van der Waals surface area contributed by atoms with E-state index in [9.17, 15) is 9.46 Å². The second-order valence-electron chi connectivity index (χ2n) is 6.40. The minimum atomic E-state index is -3.73. The van der Waals surface area contributed by atoms with Gasteiger partial charge in [-0.2, -0.15) is 0 Å². The first-order valence-electron chi connectivity index (χ1n) is 8.06. The molecule has 5 heteroatoms. The predicted molar refractivity (Wildman–Crippen MR) is 89.5 cm³/mol. The first-order chi connectivity index (χ1) is 10.4. The highest BCUT2D eigenvalue weighted by atomic mass is 31.2. The first-order valence-corrected chi connectivity index (χ1v) is 9.82. The van der Waals surface area contributed by atoms with Crippen molar-refractivity contribution in [2.24, 2.45) is 11.8 Å². The van der Waals surface area contributed by atoms with Gasteiger partial charge in [-0.1, -0.05) is 70.4 Å². The molecule has 0 amide bonds. The summed E-state index contributed by atoms with van der Waals surface area (Å²) in [6.45, 7) is 6.98. The Hall–Kier alpha value is -0.670. The van der Waals surface area contributed by atoms with Gasteiger partial charge in [-0.15, -0.1) is 4.67 Å². The van der Waals surface area contributed by atoms with Crippen molar-refractivity contribution >= 4 is 7.60 Å². The van der Waals surface area contributed by atoms with E-state index in [1.165, 1.54) is 12.8 Å². The fourth-order valence-electron chi connectivity index (χ4n) is 2.23. The highest BCUT2D eigenvalue weighted by Gasteiger charge is 2.21. The number of benzene rings is 1.